The maximum Gasteiger partial charge on any atom is 0.307 e. The van der Waals surface area contributed by atoms with Crippen LogP contribution in [0.2, 0.25) is 10.0 Å². The maximum atomic E-state index is 12.6. The summed E-state index contributed by atoms with van der Waals surface area (Å²) in [5.74, 6) is -0.680. The summed E-state index contributed by atoms with van der Waals surface area (Å²) in [6, 6.07) is 4.04. The highest BCUT2D eigenvalue weighted by atomic mass is 35.5. The molecule has 1 N–H and O–H groups in total. The Bertz CT molecular complexity index is 880. The van der Waals surface area contributed by atoms with Crippen molar-refractivity contribution in [3.8, 4) is 0 Å². The molecule has 2 heterocycles. The monoisotopic (exact) mass is 411 g/mol. The van der Waals surface area contributed by atoms with Crippen LogP contribution in [0.4, 0.5) is 11.4 Å². The number of likely N-dealkylation sites (tertiary alicyclic amines) is 1. The van der Waals surface area contributed by atoms with Crippen LogP contribution in [0.15, 0.2) is 30.6 Å². The summed E-state index contributed by atoms with van der Waals surface area (Å²) in [6.45, 7) is 0.247. The zero-order valence-electron chi connectivity index (χ0n) is 14.0. The van der Waals surface area contributed by atoms with Gasteiger partial charge in [-0.1, -0.05) is 23.2 Å². The molecular formula is C16H15Cl2N5O4. The lowest BCUT2D eigenvalue weighted by Crippen LogP contribution is -2.44. The van der Waals surface area contributed by atoms with Gasteiger partial charge in [0.25, 0.3) is 0 Å². The third-order valence-electron chi connectivity index (χ3n) is 4.13. The Hall–Kier alpha value is -2.65. The molecule has 3 rings (SSSR count). The number of amides is 2. The number of carbonyl (C=O) groups excluding carboxylic acids is 2. The molecule has 0 spiro atoms. The third-order valence-corrected chi connectivity index (χ3v) is 4.57. The fourth-order valence-corrected chi connectivity index (χ4v) is 3.48. The predicted octanol–water partition coefficient (Wildman–Crippen LogP) is 2.73. The van der Waals surface area contributed by atoms with E-state index in [1.165, 1.54) is 15.8 Å². The molecule has 1 atom stereocenters. The Morgan fingerprint density at radius 2 is 2.00 bits per heavy atom. The first-order chi connectivity index (χ1) is 12.8. The smallest absolute Gasteiger partial charge is 0.307 e. The van der Waals surface area contributed by atoms with Crippen LogP contribution in [0.25, 0.3) is 0 Å². The van der Waals surface area contributed by atoms with Crippen molar-refractivity contribution in [2.24, 2.45) is 0 Å². The van der Waals surface area contributed by atoms with Gasteiger partial charge in [-0.25, -0.2) is 0 Å². The number of hydrogen-bond donors (Lipinski definition) is 1. The quantitative estimate of drug-likeness (QED) is 0.600. The molecule has 142 valence electrons. The number of rotatable bonds is 5. The number of carbonyl (C=O) groups is 2. The molecule has 1 aliphatic rings. The normalized spacial score (nSPS) is 16.4. The molecule has 2 aromatic rings. The number of anilines is 1. The highest BCUT2D eigenvalue weighted by Crippen LogP contribution is 2.24. The Morgan fingerprint density at radius 3 is 2.63 bits per heavy atom. The Labute approximate surface area is 164 Å². The Kier molecular flexibility index (Phi) is 5.62. The van der Waals surface area contributed by atoms with E-state index in [0.29, 0.717) is 35.1 Å². The van der Waals surface area contributed by atoms with Crippen LogP contribution >= 0.6 is 23.2 Å². The van der Waals surface area contributed by atoms with Crippen molar-refractivity contribution in [2.75, 3.05) is 11.9 Å². The van der Waals surface area contributed by atoms with E-state index >= 15 is 0 Å². The molecule has 0 unspecified atom stereocenters. The first-order valence-corrected chi connectivity index (χ1v) is 8.82. The lowest BCUT2D eigenvalue weighted by molar-refractivity contribution is -0.385. The highest BCUT2D eigenvalue weighted by Gasteiger charge is 2.34. The van der Waals surface area contributed by atoms with Gasteiger partial charge in [0.2, 0.25) is 11.8 Å². The average Bonchev–Trinajstić information content (AvgIpc) is 3.22. The van der Waals surface area contributed by atoms with Gasteiger partial charge < -0.3 is 10.2 Å². The number of nitrogens with zero attached hydrogens (tertiary/aromatic N) is 4. The molecule has 11 heteroatoms. The largest absolute Gasteiger partial charge is 0.329 e. The van der Waals surface area contributed by atoms with Crippen LogP contribution in [0.5, 0.6) is 0 Å². The minimum Gasteiger partial charge on any atom is -0.329 e. The minimum absolute atomic E-state index is 0.180. The van der Waals surface area contributed by atoms with E-state index in [0.717, 1.165) is 6.20 Å². The molecule has 2 amide bonds. The van der Waals surface area contributed by atoms with Gasteiger partial charge in [0, 0.05) is 22.3 Å². The summed E-state index contributed by atoms with van der Waals surface area (Å²) in [5, 5.41) is 18.0. The predicted molar refractivity (Wildman–Crippen MR) is 98.7 cm³/mol. The number of halogens is 2. The lowest BCUT2D eigenvalue weighted by atomic mass is 10.2. The molecule has 1 aromatic carbocycles. The highest BCUT2D eigenvalue weighted by molar-refractivity contribution is 6.35. The van der Waals surface area contributed by atoms with Crippen molar-refractivity contribution in [1.29, 1.82) is 0 Å². The number of aromatic nitrogens is 2. The van der Waals surface area contributed by atoms with Crippen molar-refractivity contribution in [2.45, 2.75) is 25.4 Å². The lowest BCUT2D eigenvalue weighted by Gasteiger charge is -2.24. The molecule has 1 saturated heterocycles. The van der Waals surface area contributed by atoms with E-state index in [1.807, 2.05) is 0 Å². The number of benzene rings is 1. The van der Waals surface area contributed by atoms with Gasteiger partial charge in [0.15, 0.2) is 0 Å². The molecule has 9 nitrogen and oxygen atoms in total. The topological polar surface area (TPSA) is 110 Å². The number of hydrogen-bond acceptors (Lipinski definition) is 5. The Balaban J connectivity index is 1.67. The van der Waals surface area contributed by atoms with E-state index in [2.05, 4.69) is 10.4 Å². The molecule has 0 saturated carbocycles. The average molecular weight is 412 g/mol. The van der Waals surface area contributed by atoms with Crippen molar-refractivity contribution < 1.29 is 14.5 Å². The summed E-state index contributed by atoms with van der Waals surface area (Å²) in [5.41, 5.74) is 0.246. The fraction of sp³-hybridized carbons (Fsp3) is 0.312. The fourth-order valence-electron chi connectivity index (χ4n) is 2.95. The second-order valence-corrected chi connectivity index (χ2v) is 6.92. The molecule has 1 aromatic heterocycles. The number of nitrogens with one attached hydrogen (secondary N) is 1. The molecule has 1 fully saturated rings. The molecule has 0 bridgehead atoms. The summed E-state index contributed by atoms with van der Waals surface area (Å²) in [7, 11) is 0. The summed E-state index contributed by atoms with van der Waals surface area (Å²) in [4.78, 5) is 36.7. The van der Waals surface area contributed by atoms with Gasteiger partial charge in [-0.15, -0.1) is 0 Å². The van der Waals surface area contributed by atoms with Crippen LogP contribution in [-0.2, 0) is 16.1 Å². The summed E-state index contributed by atoms with van der Waals surface area (Å²) in [6.07, 6.45) is 3.45. The molecule has 27 heavy (non-hydrogen) atoms. The van der Waals surface area contributed by atoms with Gasteiger partial charge in [-0.3, -0.25) is 24.4 Å². The van der Waals surface area contributed by atoms with Gasteiger partial charge in [-0.2, -0.15) is 5.10 Å². The van der Waals surface area contributed by atoms with Gasteiger partial charge in [-0.05, 0) is 31.0 Å². The van der Waals surface area contributed by atoms with E-state index in [1.54, 1.807) is 18.2 Å². The molecule has 0 radical (unpaired) electrons. The van der Waals surface area contributed by atoms with Crippen LogP contribution in [0.1, 0.15) is 12.8 Å². The zero-order valence-corrected chi connectivity index (χ0v) is 15.5. The van der Waals surface area contributed by atoms with Gasteiger partial charge >= 0.3 is 5.69 Å². The molecule has 0 aliphatic carbocycles. The van der Waals surface area contributed by atoms with E-state index in [4.69, 9.17) is 23.2 Å². The summed E-state index contributed by atoms with van der Waals surface area (Å²) < 4.78 is 1.19. The first-order valence-electron chi connectivity index (χ1n) is 8.07. The first kappa shape index (κ1) is 19.1. The number of nitro groups is 1. The molecule has 1 aliphatic heterocycles. The second-order valence-electron chi connectivity index (χ2n) is 6.05. The zero-order chi connectivity index (χ0) is 19.6. The van der Waals surface area contributed by atoms with Crippen LogP contribution in [-0.4, -0.2) is 44.0 Å². The second kappa shape index (κ2) is 7.93. The minimum atomic E-state index is -0.638. The SMILES string of the molecule is O=C(Nc1cc(Cl)cc(Cl)c1)[C@H]1CCCN1C(=O)Cn1cc([N+](=O)[O-])cn1. The van der Waals surface area contributed by atoms with Crippen molar-refractivity contribution in [3.05, 3.63) is 50.8 Å². The Morgan fingerprint density at radius 1 is 1.30 bits per heavy atom. The van der Waals surface area contributed by atoms with E-state index < -0.39 is 11.0 Å². The summed E-state index contributed by atoms with van der Waals surface area (Å²) >= 11 is 11.9. The third kappa shape index (κ3) is 4.55. The van der Waals surface area contributed by atoms with Crippen LogP contribution < -0.4 is 5.32 Å². The van der Waals surface area contributed by atoms with Crippen molar-refractivity contribution >= 4 is 46.4 Å². The van der Waals surface area contributed by atoms with E-state index in [-0.39, 0.29) is 24.0 Å². The van der Waals surface area contributed by atoms with Crippen molar-refractivity contribution in [3.63, 3.8) is 0 Å². The van der Waals surface area contributed by atoms with Crippen LogP contribution in [0.3, 0.4) is 0 Å². The van der Waals surface area contributed by atoms with E-state index in [9.17, 15) is 19.7 Å². The van der Waals surface area contributed by atoms with Crippen LogP contribution in [0, 0.1) is 10.1 Å². The standard InChI is InChI=1S/C16H15Cl2N5O4/c17-10-4-11(18)6-12(5-10)20-16(25)14-2-1-3-22(14)15(24)9-21-8-13(7-19-21)23(26)27/h4-8,14H,1-3,9H2,(H,20,25)/t14-/m1/s1. The van der Waals surface area contributed by atoms with Gasteiger partial charge in [0.05, 0.1) is 4.92 Å². The molecular weight excluding hydrogens is 397 g/mol. The van der Waals surface area contributed by atoms with Gasteiger partial charge in [0.1, 0.15) is 25.0 Å². The van der Waals surface area contributed by atoms with Crippen molar-refractivity contribution in [1.82, 2.24) is 14.7 Å². The maximum absolute atomic E-state index is 12.6.